The van der Waals surface area contributed by atoms with Crippen molar-refractivity contribution in [3.05, 3.63) is 47.5 Å². The van der Waals surface area contributed by atoms with Crippen molar-refractivity contribution >= 4 is 17.6 Å². The second-order valence-corrected chi connectivity index (χ2v) is 6.15. The molecule has 0 fully saturated rings. The second kappa shape index (κ2) is 11.5. The zero-order valence-corrected chi connectivity index (χ0v) is 18.1. The standard InChI is InChI=1S/C22H29N3O5/c1-6-23-22(25-16-9-11-18(27-3)20(13-16)30-7-2)24-14-15-8-10-17(21(26)29-5)19(12-15)28-4/h8-13H,6-7,14H2,1-5H3,(H2,23,24,25). The van der Waals surface area contributed by atoms with Crippen molar-refractivity contribution in [2.45, 2.75) is 20.4 Å². The molecule has 2 aromatic rings. The SMILES string of the molecule is CCNC(=NCc1ccc(C(=O)OC)c(OC)c1)Nc1ccc(OC)c(OCC)c1. The minimum Gasteiger partial charge on any atom is -0.496 e. The number of carbonyl (C=O) groups excluding carboxylic acids is 1. The van der Waals surface area contributed by atoms with Crippen LogP contribution in [0.15, 0.2) is 41.4 Å². The Hall–Kier alpha value is -3.42. The predicted molar refractivity (Wildman–Crippen MR) is 117 cm³/mol. The van der Waals surface area contributed by atoms with Crippen LogP contribution in [-0.2, 0) is 11.3 Å². The monoisotopic (exact) mass is 415 g/mol. The first-order valence-corrected chi connectivity index (χ1v) is 9.67. The molecule has 0 aliphatic rings. The first-order chi connectivity index (χ1) is 14.6. The molecule has 8 nitrogen and oxygen atoms in total. The molecule has 2 aromatic carbocycles. The molecule has 0 aliphatic carbocycles. The lowest BCUT2D eigenvalue weighted by Gasteiger charge is -2.14. The molecule has 2 rings (SSSR count). The number of hydrogen-bond donors (Lipinski definition) is 2. The van der Waals surface area contributed by atoms with E-state index < -0.39 is 5.97 Å². The van der Waals surface area contributed by atoms with E-state index in [2.05, 4.69) is 15.6 Å². The zero-order chi connectivity index (χ0) is 21.9. The van der Waals surface area contributed by atoms with Crippen molar-refractivity contribution in [3.63, 3.8) is 0 Å². The van der Waals surface area contributed by atoms with Crippen LogP contribution < -0.4 is 24.8 Å². The largest absolute Gasteiger partial charge is 0.496 e. The van der Waals surface area contributed by atoms with Crippen molar-refractivity contribution in [2.24, 2.45) is 4.99 Å². The van der Waals surface area contributed by atoms with Gasteiger partial charge in [0.25, 0.3) is 0 Å². The topological polar surface area (TPSA) is 90.4 Å². The van der Waals surface area contributed by atoms with Gasteiger partial charge in [0.15, 0.2) is 17.5 Å². The lowest BCUT2D eigenvalue weighted by molar-refractivity contribution is 0.0597. The van der Waals surface area contributed by atoms with Crippen molar-refractivity contribution in [3.8, 4) is 17.2 Å². The van der Waals surface area contributed by atoms with Gasteiger partial charge in [-0.15, -0.1) is 0 Å². The number of anilines is 1. The molecule has 162 valence electrons. The van der Waals surface area contributed by atoms with Gasteiger partial charge in [0.2, 0.25) is 0 Å². The predicted octanol–water partition coefficient (Wildman–Crippen LogP) is 3.47. The third-order valence-corrected chi connectivity index (χ3v) is 4.16. The Balaban J connectivity index is 2.20. The van der Waals surface area contributed by atoms with Crippen molar-refractivity contribution in [1.29, 1.82) is 0 Å². The van der Waals surface area contributed by atoms with Crippen LogP contribution in [0.2, 0.25) is 0 Å². The number of guanidine groups is 1. The number of benzene rings is 2. The average Bonchev–Trinajstić information content (AvgIpc) is 2.77. The van der Waals surface area contributed by atoms with Crippen LogP contribution in [0.1, 0.15) is 29.8 Å². The van der Waals surface area contributed by atoms with E-state index in [-0.39, 0.29) is 0 Å². The summed E-state index contributed by atoms with van der Waals surface area (Å²) in [5, 5.41) is 6.48. The second-order valence-electron chi connectivity index (χ2n) is 6.15. The summed E-state index contributed by atoms with van der Waals surface area (Å²) in [4.78, 5) is 16.4. The molecule has 2 N–H and O–H groups in total. The minimum absolute atomic E-state index is 0.374. The molecule has 30 heavy (non-hydrogen) atoms. The first-order valence-electron chi connectivity index (χ1n) is 9.67. The highest BCUT2D eigenvalue weighted by atomic mass is 16.5. The Kier molecular flexibility index (Phi) is 8.80. The number of esters is 1. The van der Waals surface area contributed by atoms with E-state index in [1.165, 1.54) is 14.2 Å². The van der Waals surface area contributed by atoms with Gasteiger partial charge in [-0.25, -0.2) is 9.79 Å². The number of rotatable bonds is 9. The smallest absolute Gasteiger partial charge is 0.341 e. The van der Waals surface area contributed by atoms with Gasteiger partial charge in [0.05, 0.1) is 34.5 Å². The van der Waals surface area contributed by atoms with Crippen molar-refractivity contribution in [1.82, 2.24) is 5.32 Å². The van der Waals surface area contributed by atoms with Gasteiger partial charge in [-0.1, -0.05) is 6.07 Å². The maximum atomic E-state index is 11.8. The molecule has 0 aliphatic heterocycles. The summed E-state index contributed by atoms with van der Waals surface area (Å²) < 4.78 is 21.0. The number of nitrogens with one attached hydrogen (secondary N) is 2. The van der Waals surface area contributed by atoms with E-state index in [1.807, 2.05) is 38.1 Å². The fourth-order valence-corrected chi connectivity index (χ4v) is 2.75. The Labute approximate surface area is 177 Å². The summed E-state index contributed by atoms with van der Waals surface area (Å²) in [5.41, 5.74) is 2.08. The van der Waals surface area contributed by atoms with Gasteiger partial charge < -0.3 is 29.6 Å². The molecule has 8 heteroatoms. The van der Waals surface area contributed by atoms with Crippen LogP contribution in [0.5, 0.6) is 17.2 Å². The van der Waals surface area contributed by atoms with Gasteiger partial charge in [0, 0.05) is 18.3 Å². The molecule has 0 amide bonds. The summed E-state index contributed by atoms with van der Waals surface area (Å²) in [6.45, 7) is 5.54. The van der Waals surface area contributed by atoms with E-state index in [9.17, 15) is 4.79 Å². The Morgan fingerprint density at radius 3 is 2.37 bits per heavy atom. The van der Waals surface area contributed by atoms with Gasteiger partial charge in [-0.2, -0.15) is 0 Å². The highest BCUT2D eigenvalue weighted by molar-refractivity contribution is 5.94. The number of ether oxygens (including phenoxy) is 4. The highest BCUT2D eigenvalue weighted by Crippen LogP contribution is 2.30. The maximum absolute atomic E-state index is 11.8. The number of nitrogens with zero attached hydrogens (tertiary/aromatic N) is 1. The zero-order valence-electron chi connectivity index (χ0n) is 18.1. The van der Waals surface area contributed by atoms with Crippen molar-refractivity contribution < 1.29 is 23.7 Å². The van der Waals surface area contributed by atoms with Gasteiger partial charge in [0.1, 0.15) is 11.3 Å². The van der Waals surface area contributed by atoms with E-state index >= 15 is 0 Å². The summed E-state index contributed by atoms with van der Waals surface area (Å²) >= 11 is 0. The van der Waals surface area contributed by atoms with Crippen LogP contribution in [0.25, 0.3) is 0 Å². The summed E-state index contributed by atoms with van der Waals surface area (Å²) in [5.74, 6) is 1.94. The van der Waals surface area contributed by atoms with E-state index in [1.54, 1.807) is 19.2 Å². The highest BCUT2D eigenvalue weighted by Gasteiger charge is 2.13. The van der Waals surface area contributed by atoms with Crippen LogP contribution in [0.3, 0.4) is 0 Å². The van der Waals surface area contributed by atoms with Gasteiger partial charge >= 0.3 is 5.97 Å². The molecule has 0 saturated heterocycles. The lowest BCUT2D eigenvalue weighted by Crippen LogP contribution is -2.30. The summed E-state index contributed by atoms with van der Waals surface area (Å²) in [6, 6.07) is 10.9. The fourth-order valence-electron chi connectivity index (χ4n) is 2.75. The molecule has 0 atom stereocenters. The molecule has 0 bridgehead atoms. The molecular formula is C22H29N3O5. The van der Waals surface area contributed by atoms with Gasteiger partial charge in [-0.3, -0.25) is 0 Å². The normalized spacial score (nSPS) is 10.9. The Bertz CT molecular complexity index is 883. The number of carbonyl (C=O) groups is 1. The summed E-state index contributed by atoms with van der Waals surface area (Å²) in [7, 11) is 4.46. The number of hydrogen-bond acceptors (Lipinski definition) is 6. The quantitative estimate of drug-likeness (QED) is 0.368. The number of methoxy groups -OCH3 is 3. The van der Waals surface area contributed by atoms with E-state index in [0.29, 0.717) is 48.5 Å². The third-order valence-electron chi connectivity index (χ3n) is 4.16. The van der Waals surface area contributed by atoms with Gasteiger partial charge in [-0.05, 0) is 43.7 Å². The maximum Gasteiger partial charge on any atom is 0.341 e. The molecule has 0 unspecified atom stereocenters. The van der Waals surface area contributed by atoms with Crippen LogP contribution >= 0.6 is 0 Å². The van der Waals surface area contributed by atoms with Crippen LogP contribution in [-0.4, -0.2) is 46.4 Å². The fraction of sp³-hybridized carbons (Fsp3) is 0.364. The molecule has 0 aromatic heterocycles. The third kappa shape index (κ3) is 6.04. The Morgan fingerprint density at radius 1 is 0.967 bits per heavy atom. The van der Waals surface area contributed by atoms with E-state index in [0.717, 1.165) is 11.3 Å². The number of aliphatic imine (C=N–C) groups is 1. The molecule has 0 spiro atoms. The molecule has 0 saturated carbocycles. The Morgan fingerprint density at radius 2 is 1.73 bits per heavy atom. The first kappa shape index (κ1) is 22.9. The average molecular weight is 415 g/mol. The minimum atomic E-state index is -0.443. The lowest BCUT2D eigenvalue weighted by atomic mass is 10.1. The summed E-state index contributed by atoms with van der Waals surface area (Å²) in [6.07, 6.45) is 0. The van der Waals surface area contributed by atoms with Crippen molar-refractivity contribution in [2.75, 3.05) is 39.8 Å². The molecule has 0 radical (unpaired) electrons. The molecular weight excluding hydrogens is 386 g/mol. The molecule has 0 heterocycles. The van der Waals surface area contributed by atoms with Crippen LogP contribution in [0, 0.1) is 0 Å². The van der Waals surface area contributed by atoms with E-state index in [4.69, 9.17) is 18.9 Å². The van der Waals surface area contributed by atoms with Crippen LogP contribution in [0.4, 0.5) is 5.69 Å².